The molecule has 0 aliphatic heterocycles. The summed E-state index contributed by atoms with van der Waals surface area (Å²) in [6.45, 7) is 0. The van der Waals surface area contributed by atoms with E-state index in [0.717, 1.165) is 10.9 Å². The van der Waals surface area contributed by atoms with Crippen LogP contribution in [0, 0.1) is 6.07 Å². The largest absolute Gasteiger partial charge is 0.345 e. The maximum atomic E-state index is 12.3. The Labute approximate surface area is 105 Å². The molecule has 0 unspecified atom stereocenters. The first-order valence-electron chi connectivity index (χ1n) is 5.48. The van der Waals surface area contributed by atoms with E-state index < -0.39 is 9.84 Å². The molecule has 2 aromatic carbocycles. The van der Waals surface area contributed by atoms with Crippen LogP contribution in [0.3, 0.4) is 0 Å². The van der Waals surface area contributed by atoms with E-state index in [4.69, 9.17) is 0 Å². The van der Waals surface area contributed by atoms with Crippen molar-refractivity contribution in [1.82, 2.24) is 4.98 Å². The van der Waals surface area contributed by atoms with Crippen molar-refractivity contribution in [3.8, 4) is 0 Å². The molecule has 1 aromatic heterocycles. The van der Waals surface area contributed by atoms with E-state index in [1.165, 1.54) is 0 Å². The van der Waals surface area contributed by atoms with Gasteiger partial charge in [0.2, 0.25) is 9.84 Å². The van der Waals surface area contributed by atoms with E-state index in [2.05, 4.69) is 11.1 Å². The van der Waals surface area contributed by atoms with Crippen LogP contribution in [0.2, 0.25) is 0 Å². The number of hydrogen-bond acceptors (Lipinski definition) is 2. The zero-order valence-corrected chi connectivity index (χ0v) is 10.2. The molecule has 0 aliphatic rings. The fraction of sp³-hybridized carbons (Fsp3) is 0. The minimum Gasteiger partial charge on any atom is -0.345 e. The average molecular weight is 256 g/mol. The molecule has 0 saturated carbocycles. The summed E-state index contributed by atoms with van der Waals surface area (Å²) in [5.74, 6) is 0. The molecule has 3 rings (SSSR count). The number of nitrogens with one attached hydrogen (secondary N) is 1. The number of aromatic nitrogens is 1. The van der Waals surface area contributed by atoms with E-state index in [9.17, 15) is 8.42 Å². The minimum atomic E-state index is -3.51. The second-order valence-corrected chi connectivity index (χ2v) is 5.83. The first-order chi connectivity index (χ1) is 8.68. The quantitative estimate of drug-likeness (QED) is 0.766. The molecule has 3 nitrogen and oxygen atoms in total. The van der Waals surface area contributed by atoms with Gasteiger partial charge in [-0.25, -0.2) is 8.42 Å². The number of rotatable bonds is 2. The van der Waals surface area contributed by atoms with Crippen molar-refractivity contribution in [2.45, 2.75) is 9.92 Å². The molecule has 0 fully saturated rings. The van der Waals surface area contributed by atoms with E-state index in [1.807, 2.05) is 24.3 Å². The second-order valence-electron chi connectivity index (χ2n) is 3.94. The van der Waals surface area contributed by atoms with E-state index in [-0.39, 0.29) is 9.92 Å². The Hall–Kier alpha value is -2.07. The lowest BCUT2D eigenvalue weighted by Crippen LogP contribution is -2.01. The Bertz CT molecular complexity index is 756. The third-order valence-electron chi connectivity index (χ3n) is 2.75. The predicted molar refractivity (Wildman–Crippen MR) is 69.0 cm³/mol. The van der Waals surface area contributed by atoms with Crippen molar-refractivity contribution >= 4 is 20.7 Å². The van der Waals surface area contributed by atoms with Gasteiger partial charge < -0.3 is 4.98 Å². The molecule has 0 amide bonds. The molecule has 0 spiro atoms. The number of fused-ring (bicyclic) bond motifs is 1. The van der Waals surface area contributed by atoms with Gasteiger partial charge in [-0.15, -0.1) is 0 Å². The van der Waals surface area contributed by atoms with Gasteiger partial charge in [-0.05, 0) is 18.2 Å². The van der Waals surface area contributed by atoms with Crippen molar-refractivity contribution in [2.24, 2.45) is 0 Å². The van der Waals surface area contributed by atoms with Crippen LogP contribution in [0.25, 0.3) is 10.9 Å². The smallest absolute Gasteiger partial charge is 0.222 e. The number of H-pyrrole nitrogens is 1. The highest BCUT2D eigenvalue weighted by molar-refractivity contribution is 7.91. The molecule has 0 aliphatic carbocycles. The van der Waals surface area contributed by atoms with Gasteiger partial charge in [-0.3, -0.25) is 0 Å². The summed E-state index contributed by atoms with van der Waals surface area (Å²) < 4.78 is 24.7. The van der Waals surface area contributed by atoms with Crippen LogP contribution >= 0.6 is 0 Å². The van der Waals surface area contributed by atoms with Crippen LogP contribution in [0.1, 0.15) is 0 Å². The van der Waals surface area contributed by atoms with Gasteiger partial charge in [-0.2, -0.15) is 0 Å². The molecule has 1 heterocycles. The lowest BCUT2D eigenvalue weighted by Gasteiger charge is -2.00. The molecule has 89 valence electrons. The molecular formula is C14H10NO2S. The predicted octanol–water partition coefficient (Wildman–Crippen LogP) is 2.80. The van der Waals surface area contributed by atoms with E-state index >= 15 is 0 Å². The molecule has 0 atom stereocenters. The highest BCUT2D eigenvalue weighted by atomic mass is 32.2. The summed E-state index contributed by atoms with van der Waals surface area (Å²) in [6, 6.07) is 18.6. The summed E-state index contributed by atoms with van der Waals surface area (Å²) >= 11 is 0. The Morgan fingerprint density at radius 2 is 1.56 bits per heavy atom. The third-order valence-corrected chi connectivity index (χ3v) is 4.38. The number of sulfone groups is 1. The maximum Gasteiger partial charge on any atom is 0.222 e. The molecule has 1 radical (unpaired) electrons. The van der Waals surface area contributed by atoms with Crippen molar-refractivity contribution in [3.63, 3.8) is 0 Å². The molecule has 3 aromatic rings. The van der Waals surface area contributed by atoms with E-state index in [1.54, 1.807) is 30.3 Å². The first kappa shape index (κ1) is 11.0. The van der Waals surface area contributed by atoms with Crippen LogP contribution in [-0.2, 0) is 9.84 Å². The maximum absolute atomic E-state index is 12.3. The SMILES string of the molecule is O=S(=O)(c1ccccc1)c1[c]c2ccccc2[nH]1. The van der Waals surface area contributed by atoms with Crippen LogP contribution in [-0.4, -0.2) is 13.4 Å². The molecule has 0 bridgehead atoms. The van der Waals surface area contributed by atoms with Crippen molar-refractivity contribution in [2.75, 3.05) is 0 Å². The molecule has 18 heavy (non-hydrogen) atoms. The van der Waals surface area contributed by atoms with Gasteiger partial charge in [0.25, 0.3) is 0 Å². The fourth-order valence-electron chi connectivity index (χ4n) is 1.83. The van der Waals surface area contributed by atoms with Crippen LogP contribution in [0.15, 0.2) is 64.5 Å². The lowest BCUT2D eigenvalue weighted by atomic mass is 10.3. The molecule has 0 saturated heterocycles. The van der Waals surface area contributed by atoms with Crippen molar-refractivity contribution < 1.29 is 8.42 Å². The summed E-state index contributed by atoms with van der Waals surface area (Å²) in [4.78, 5) is 3.16. The summed E-state index contributed by atoms with van der Waals surface area (Å²) in [6.07, 6.45) is 0. The van der Waals surface area contributed by atoms with E-state index in [0.29, 0.717) is 0 Å². The highest BCUT2D eigenvalue weighted by Crippen LogP contribution is 2.23. The molecule has 4 heteroatoms. The van der Waals surface area contributed by atoms with Gasteiger partial charge >= 0.3 is 0 Å². The van der Waals surface area contributed by atoms with Gasteiger partial charge in [0.15, 0.2) is 0 Å². The van der Waals surface area contributed by atoms with Crippen LogP contribution in [0.4, 0.5) is 0 Å². The monoisotopic (exact) mass is 256 g/mol. The first-order valence-corrected chi connectivity index (χ1v) is 6.96. The van der Waals surface area contributed by atoms with Crippen LogP contribution < -0.4 is 0 Å². The minimum absolute atomic E-state index is 0.106. The van der Waals surface area contributed by atoms with Gasteiger partial charge in [-0.1, -0.05) is 36.4 Å². The molecular weight excluding hydrogens is 246 g/mol. The van der Waals surface area contributed by atoms with Gasteiger partial charge in [0.05, 0.1) is 4.90 Å². The number of hydrogen-bond donors (Lipinski definition) is 1. The number of aromatic amines is 1. The standard InChI is InChI=1S/C14H10NO2S/c16-18(17,12-7-2-1-3-8-12)14-10-11-6-4-5-9-13(11)15-14/h1-9,15H. The Morgan fingerprint density at radius 3 is 2.28 bits per heavy atom. The fourth-order valence-corrected chi connectivity index (χ4v) is 3.07. The zero-order valence-electron chi connectivity index (χ0n) is 9.42. The third kappa shape index (κ3) is 1.71. The topological polar surface area (TPSA) is 49.9 Å². The van der Waals surface area contributed by atoms with Crippen molar-refractivity contribution in [3.05, 3.63) is 60.7 Å². The van der Waals surface area contributed by atoms with Crippen molar-refractivity contribution in [1.29, 1.82) is 0 Å². The number of benzene rings is 2. The summed E-state index contributed by atoms with van der Waals surface area (Å²) in [5.41, 5.74) is 0.770. The second kappa shape index (κ2) is 3.99. The normalized spacial score (nSPS) is 11.8. The summed E-state index contributed by atoms with van der Waals surface area (Å²) in [7, 11) is -3.51. The Kier molecular flexibility index (Phi) is 2.45. The van der Waals surface area contributed by atoms with Crippen LogP contribution in [0.5, 0.6) is 0 Å². The van der Waals surface area contributed by atoms with Gasteiger partial charge in [0.1, 0.15) is 5.03 Å². The average Bonchev–Trinajstić information content (AvgIpc) is 2.84. The van der Waals surface area contributed by atoms with Gasteiger partial charge in [0, 0.05) is 17.0 Å². The zero-order chi connectivity index (χ0) is 12.6. The molecule has 1 N–H and O–H groups in total. The summed E-state index contributed by atoms with van der Waals surface area (Å²) in [5, 5.41) is 0.877. The number of para-hydroxylation sites is 1. The highest BCUT2D eigenvalue weighted by Gasteiger charge is 2.19. The Balaban J connectivity index is 2.20. The lowest BCUT2D eigenvalue weighted by molar-refractivity contribution is 0.593. The Morgan fingerprint density at radius 1 is 0.889 bits per heavy atom.